The van der Waals surface area contributed by atoms with Gasteiger partial charge in [0, 0.05) is 13.1 Å². The van der Waals surface area contributed by atoms with Crippen LogP contribution >= 0.6 is 0 Å². The molecule has 0 saturated carbocycles. The highest BCUT2D eigenvalue weighted by atomic mass is 32.2. The zero-order chi connectivity index (χ0) is 11.6. The number of carbonyl (C=O) groups excluding carboxylic acids is 1. The highest BCUT2D eigenvalue weighted by Gasteiger charge is 2.37. The first-order valence-electron chi connectivity index (χ1n) is 4.76. The summed E-state index contributed by atoms with van der Waals surface area (Å²) in [7, 11) is 1.40. The van der Waals surface area contributed by atoms with Crippen LogP contribution in [-0.4, -0.2) is 46.3 Å². The van der Waals surface area contributed by atoms with Crippen molar-refractivity contribution in [1.82, 2.24) is 4.90 Å². The van der Waals surface area contributed by atoms with Crippen LogP contribution < -0.4 is 0 Å². The summed E-state index contributed by atoms with van der Waals surface area (Å²) in [5.74, 6) is 0. The quantitative estimate of drug-likeness (QED) is 0.714. The van der Waals surface area contributed by atoms with Crippen LogP contribution in [0.15, 0.2) is 0 Å². The molecule has 15 heavy (non-hydrogen) atoms. The monoisotopic (exact) mass is 235 g/mol. The lowest BCUT2D eigenvalue weighted by molar-refractivity contribution is 0.0137. The Balaban J connectivity index is 2.33. The fourth-order valence-electron chi connectivity index (χ4n) is 1.17. The van der Waals surface area contributed by atoms with E-state index in [1.165, 1.54) is 12.0 Å². The van der Waals surface area contributed by atoms with Crippen LogP contribution in [0.25, 0.3) is 0 Å². The largest absolute Gasteiger partial charge is 0.444 e. The van der Waals surface area contributed by atoms with Crippen molar-refractivity contribution in [2.45, 2.75) is 31.6 Å². The first-order chi connectivity index (χ1) is 6.83. The van der Waals surface area contributed by atoms with Crippen LogP contribution in [0.1, 0.15) is 20.8 Å². The minimum atomic E-state index is -1.29. The number of carbonyl (C=O) groups is 1. The van der Waals surface area contributed by atoms with E-state index in [0.717, 1.165) is 0 Å². The Morgan fingerprint density at radius 3 is 2.33 bits per heavy atom. The number of hydrogen-bond donors (Lipinski definition) is 0. The lowest BCUT2D eigenvalue weighted by atomic mass is 10.2. The number of rotatable bonds is 2. The summed E-state index contributed by atoms with van der Waals surface area (Å²) in [4.78, 5) is 13.0. The van der Waals surface area contributed by atoms with Crippen LogP contribution in [-0.2, 0) is 20.0 Å². The summed E-state index contributed by atoms with van der Waals surface area (Å²) in [5, 5.41) is -0.0810. The highest BCUT2D eigenvalue weighted by Crippen LogP contribution is 2.18. The van der Waals surface area contributed by atoms with Crippen molar-refractivity contribution in [2.75, 3.05) is 20.2 Å². The van der Waals surface area contributed by atoms with Gasteiger partial charge in [-0.15, -0.1) is 0 Å². The van der Waals surface area contributed by atoms with E-state index in [4.69, 9.17) is 4.74 Å². The summed E-state index contributed by atoms with van der Waals surface area (Å²) in [6.07, 6.45) is -0.355. The minimum Gasteiger partial charge on any atom is -0.444 e. The van der Waals surface area contributed by atoms with Gasteiger partial charge in [0.15, 0.2) is 11.1 Å². The van der Waals surface area contributed by atoms with Gasteiger partial charge in [-0.05, 0) is 20.8 Å². The van der Waals surface area contributed by atoms with Gasteiger partial charge in [0.1, 0.15) is 5.60 Å². The molecule has 1 aliphatic heterocycles. The predicted molar refractivity (Wildman–Crippen MR) is 56.7 cm³/mol. The second-order valence-electron chi connectivity index (χ2n) is 4.43. The van der Waals surface area contributed by atoms with Crippen molar-refractivity contribution in [3.63, 3.8) is 0 Å². The zero-order valence-electron chi connectivity index (χ0n) is 9.48. The summed E-state index contributed by atoms with van der Waals surface area (Å²) >= 11 is -1.29. The predicted octanol–water partition coefficient (Wildman–Crippen LogP) is 0.916. The molecule has 0 aromatic rings. The number of likely N-dealkylation sites (tertiary alicyclic amines) is 1. The summed E-state index contributed by atoms with van der Waals surface area (Å²) in [6.45, 7) is 6.32. The number of hydrogen-bond acceptors (Lipinski definition) is 4. The average molecular weight is 235 g/mol. The van der Waals surface area contributed by atoms with E-state index < -0.39 is 16.7 Å². The lowest BCUT2D eigenvalue weighted by Gasteiger charge is -2.38. The molecular weight excluding hydrogens is 218 g/mol. The standard InChI is InChI=1S/C9H17NO4S/c1-9(2,3)14-8(11)10-5-7(6-10)15(12)13-4/h7H,5-6H2,1-4H3. The van der Waals surface area contributed by atoms with Crippen molar-refractivity contribution < 1.29 is 17.9 Å². The average Bonchev–Trinajstić information content (AvgIpc) is 1.97. The van der Waals surface area contributed by atoms with Gasteiger partial charge in [0.25, 0.3) is 0 Å². The van der Waals surface area contributed by atoms with Crippen molar-refractivity contribution in [1.29, 1.82) is 0 Å². The molecule has 1 fully saturated rings. The second kappa shape index (κ2) is 4.49. The van der Waals surface area contributed by atoms with E-state index in [1.54, 1.807) is 0 Å². The Morgan fingerprint density at radius 2 is 1.93 bits per heavy atom. The molecule has 1 heterocycles. The molecule has 5 nitrogen and oxygen atoms in total. The van der Waals surface area contributed by atoms with Crippen LogP contribution in [0, 0.1) is 0 Å². The Morgan fingerprint density at radius 1 is 1.40 bits per heavy atom. The molecule has 0 aromatic heterocycles. The second-order valence-corrected chi connectivity index (χ2v) is 5.96. The van der Waals surface area contributed by atoms with E-state index in [2.05, 4.69) is 4.18 Å². The van der Waals surface area contributed by atoms with Gasteiger partial charge in [0.2, 0.25) is 0 Å². The summed E-state index contributed by atoms with van der Waals surface area (Å²) in [6, 6.07) is 0. The molecule has 1 unspecified atom stereocenters. The van der Waals surface area contributed by atoms with Crippen molar-refractivity contribution in [3.8, 4) is 0 Å². The third-order valence-electron chi connectivity index (χ3n) is 1.94. The van der Waals surface area contributed by atoms with Gasteiger partial charge in [-0.3, -0.25) is 4.18 Å². The van der Waals surface area contributed by atoms with Gasteiger partial charge in [-0.2, -0.15) is 0 Å². The van der Waals surface area contributed by atoms with Crippen molar-refractivity contribution >= 4 is 17.2 Å². The summed E-state index contributed by atoms with van der Waals surface area (Å²) in [5.41, 5.74) is -0.484. The molecular formula is C9H17NO4S. The topological polar surface area (TPSA) is 55.8 Å². The fraction of sp³-hybridized carbons (Fsp3) is 0.889. The van der Waals surface area contributed by atoms with Gasteiger partial charge >= 0.3 is 6.09 Å². The number of nitrogens with zero attached hydrogens (tertiary/aromatic N) is 1. The molecule has 1 aliphatic rings. The fourth-order valence-corrected chi connectivity index (χ4v) is 2.05. The Hall–Kier alpha value is -0.620. The van der Waals surface area contributed by atoms with Crippen LogP contribution in [0.3, 0.4) is 0 Å². The van der Waals surface area contributed by atoms with E-state index in [0.29, 0.717) is 13.1 Å². The van der Waals surface area contributed by atoms with Crippen LogP contribution in [0.4, 0.5) is 4.79 Å². The minimum absolute atomic E-state index is 0.0810. The third kappa shape index (κ3) is 3.46. The van der Waals surface area contributed by atoms with E-state index in [9.17, 15) is 9.00 Å². The molecule has 0 bridgehead atoms. The van der Waals surface area contributed by atoms with E-state index in [-0.39, 0.29) is 11.3 Å². The van der Waals surface area contributed by atoms with E-state index in [1.807, 2.05) is 20.8 Å². The maximum atomic E-state index is 11.5. The molecule has 0 spiro atoms. The van der Waals surface area contributed by atoms with Crippen LogP contribution in [0.5, 0.6) is 0 Å². The molecule has 1 rings (SSSR count). The Labute approximate surface area is 92.4 Å². The molecule has 1 atom stereocenters. The highest BCUT2D eigenvalue weighted by molar-refractivity contribution is 7.81. The van der Waals surface area contributed by atoms with Gasteiger partial charge in [-0.1, -0.05) is 0 Å². The molecule has 0 aliphatic carbocycles. The smallest absolute Gasteiger partial charge is 0.410 e. The molecule has 0 aromatic carbocycles. The Kier molecular flexibility index (Phi) is 3.72. The summed E-state index contributed by atoms with van der Waals surface area (Å²) < 4.78 is 21.0. The van der Waals surface area contributed by atoms with Crippen molar-refractivity contribution in [3.05, 3.63) is 0 Å². The maximum absolute atomic E-state index is 11.5. The third-order valence-corrected chi connectivity index (χ3v) is 3.11. The van der Waals surface area contributed by atoms with Gasteiger partial charge in [-0.25, -0.2) is 9.00 Å². The Bertz CT molecular complexity index is 268. The first-order valence-corrected chi connectivity index (χ1v) is 5.90. The molecule has 88 valence electrons. The molecule has 0 N–H and O–H groups in total. The zero-order valence-corrected chi connectivity index (χ0v) is 10.3. The van der Waals surface area contributed by atoms with Crippen LogP contribution in [0.2, 0.25) is 0 Å². The molecule has 6 heteroatoms. The molecule has 1 amide bonds. The normalized spacial score (nSPS) is 19.6. The van der Waals surface area contributed by atoms with Gasteiger partial charge < -0.3 is 9.64 Å². The number of ether oxygens (including phenoxy) is 1. The van der Waals surface area contributed by atoms with E-state index >= 15 is 0 Å². The molecule has 1 saturated heterocycles. The molecule has 0 radical (unpaired) electrons. The SMILES string of the molecule is COS(=O)C1CN(C(=O)OC(C)(C)C)C1. The maximum Gasteiger partial charge on any atom is 0.410 e. The lowest BCUT2D eigenvalue weighted by Crippen LogP contribution is -2.56. The van der Waals surface area contributed by atoms with Crippen molar-refractivity contribution in [2.24, 2.45) is 0 Å². The number of amides is 1. The first kappa shape index (κ1) is 12.4. The van der Waals surface area contributed by atoms with Gasteiger partial charge in [0.05, 0.1) is 12.4 Å².